The van der Waals surface area contributed by atoms with Gasteiger partial charge in [-0.05, 0) is 76.3 Å². The lowest BCUT2D eigenvalue weighted by molar-refractivity contribution is 0.0697. The van der Waals surface area contributed by atoms with E-state index in [9.17, 15) is 4.79 Å². The van der Waals surface area contributed by atoms with Crippen molar-refractivity contribution in [2.24, 2.45) is 4.99 Å². The minimum absolute atomic E-state index is 0.237. The Hall–Kier alpha value is -6.05. The molecule has 53 heavy (non-hydrogen) atoms. The number of H-pyrrole nitrogens is 1. The number of nitrogens with zero attached hydrogens (tertiary/aromatic N) is 2. The van der Waals surface area contributed by atoms with E-state index in [2.05, 4.69) is 103 Å². The highest BCUT2D eigenvalue weighted by molar-refractivity contribution is 6.01. The van der Waals surface area contributed by atoms with E-state index < -0.39 is 5.97 Å². The highest BCUT2D eigenvalue weighted by Gasteiger charge is 2.12. The zero-order chi connectivity index (χ0) is 38.6. The van der Waals surface area contributed by atoms with Crippen LogP contribution in [0.25, 0.3) is 16.8 Å². The first-order valence-electron chi connectivity index (χ1n) is 17.6. The Bertz CT molecular complexity index is 2010. The first-order valence-corrected chi connectivity index (χ1v) is 17.6. The van der Waals surface area contributed by atoms with Crippen molar-refractivity contribution in [3.05, 3.63) is 191 Å². The molecule has 0 fully saturated rings. The van der Waals surface area contributed by atoms with Gasteiger partial charge in [-0.15, -0.1) is 0 Å². The first-order chi connectivity index (χ1) is 25.7. The Morgan fingerprint density at radius 1 is 0.925 bits per heavy atom. The Morgan fingerprint density at radius 2 is 1.64 bits per heavy atom. The number of aliphatic imine (C=N–C) groups is 1. The van der Waals surface area contributed by atoms with Crippen molar-refractivity contribution in [1.29, 1.82) is 0 Å². The summed E-state index contributed by atoms with van der Waals surface area (Å²) in [5.74, 6) is 0.620. The minimum atomic E-state index is -0.955. The maximum atomic E-state index is 11.1. The fourth-order valence-corrected chi connectivity index (χ4v) is 5.25. The summed E-state index contributed by atoms with van der Waals surface area (Å²) in [7, 11) is 2.70. The normalized spacial score (nSPS) is 17.0. The molecule has 5 rings (SSSR count). The van der Waals surface area contributed by atoms with Gasteiger partial charge in [-0.1, -0.05) is 133 Å². The summed E-state index contributed by atoms with van der Waals surface area (Å²) in [6.45, 7) is 12.3. The van der Waals surface area contributed by atoms with Gasteiger partial charge in [0.2, 0.25) is 0 Å². The van der Waals surface area contributed by atoms with Gasteiger partial charge < -0.3 is 20.5 Å². The predicted molar refractivity (Wildman–Crippen MR) is 223 cm³/mol. The van der Waals surface area contributed by atoms with Crippen LogP contribution in [0.15, 0.2) is 173 Å². The number of allylic oxidation sites excluding steroid dienone is 17. The molecule has 7 heteroatoms. The molecule has 0 bridgehead atoms. The number of carboxylic acid groups (broad SMARTS) is 1. The third-order valence-electron chi connectivity index (χ3n) is 8.08. The molecule has 0 unspecified atom stereocenters. The lowest BCUT2D eigenvalue weighted by Gasteiger charge is -2.15. The summed E-state index contributed by atoms with van der Waals surface area (Å²) in [4.78, 5) is 23.7. The van der Waals surface area contributed by atoms with Gasteiger partial charge >= 0.3 is 5.97 Å². The standard InChI is InChI=1S/C26H28N2O2.C19H20N2.CH4O/c1-5-21(13-12-19(2)3)24(18-20-10-8-6-7-9-11-20)28-25(27-4)22-14-16-23(17-15-22)26(29)30;1-14-8-6-7-11-17(13-12-14)19-20-15(2)18(21-19)16-9-4-3-5-10-16;1-2/h5-6,8-18H,1,7H2,2-4H3,(H,27,28)(H,29,30);3-5,7,9-13H,6,8H2,1-2H3,(H,20,21);2H,1H3/b21-13+,24-18+;11-7-,14-12-,17-13+;. The molecule has 2 aromatic carbocycles. The number of nitrogens with one attached hydrogen (secondary N) is 2. The molecular weight excluding hydrogens is 657 g/mol. The van der Waals surface area contributed by atoms with Gasteiger partial charge in [0.15, 0.2) is 0 Å². The minimum Gasteiger partial charge on any atom is -0.478 e. The van der Waals surface area contributed by atoms with Crippen LogP contribution < -0.4 is 5.32 Å². The van der Waals surface area contributed by atoms with Gasteiger partial charge in [0.1, 0.15) is 11.7 Å². The van der Waals surface area contributed by atoms with Gasteiger partial charge in [-0.2, -0.15) is 0 Å². The number of benzene rings is 2. The number of rotatable bonds is 9. The number of hydrogen-bond acceptors (Lipinski definition) is 4. The number of aryl methyl sites for hydroxylation is 1. The second-order valence-electron chi connectivity index (χ2n) is 12.4. The number of aromatic amines is 1. The van der Waals surface area contributed by atoms with Crippen LogP contribution in [-0.4, -0.2) is 46.1 Å². The van der Waals surface area contributed by atoms with E-state index in [4.69, 9.17) is 15.2 Å². The van der Waals surface area contributed by atoms with Gasteiger partial charge in [0.05, 0.1) is 11.3 Å². The summed E-state index contributed by atoms with van der Waals surface area (Å²) < 4.78 is 0. The fourth-order valence-electron chi connectivity index (χ4n) is 5.25. The average Bonchev–Trinajstić information content (AvgIpc) is 3.36. The molecule has 2 aliphatic carbocycles. The number of aromatic carboxylic acids is 1. The summed E-state index contributed by atoms with van der Waals surface area (Å²) in [6, 6.07) is 17.0. The molecule has 0 amide bonds. The lowest BCUT2D eigenvalue weighted by Crippen LogP contribution is -2.25. The van der Waals surface area contributed by atoms with Crippen LogP contribution in [0.2, 0.25) is 0 Å². The predicted octanol–water partition coefficient (Wildman–Crippen LogP) is 10.4. The number of aromatic nitrogens is 2. The van der Waals surface area contributed by atoms with Crippen LogP contribution >= 0.6 is 0 Å². The van der Waals surface area contributed by atoms with Gasteiger partial charge in [-0.25, -0.2) is 9.78 Å². The Balaban J connectivity index is 0.000000287. The second-order valence-corrected chi connectivity index (χ2v) is 12.4. The zero-order valence-electron chi connectivity index (χ0n) is 31.7. The van der Waals surface area contributed by atoms with E-state index in [0.717, 1.165) is 77.1 Å². The molecule has 274 valence electrons. The van der Waals surface area contributed by atoms with E-state index in [1.165, 1.54) is 11.1 Å². The maximum Gasteiger partial charge on any atom is 0.335 e. The smallest absolute Gasteiger partial charge is 0.335 e. The number of hydrogen-bond donors (Lipinski definition) is 4. The SMILES string of the molecule is C/C1=C/C=C(c2nc(-c3ccccc3)c(C)[nH]2)\C=C/CC1.C=CC(=C\C=C(C)C)/C(=C\C1=CC=CCC=C1)NC(=NC)c1ccc(C(=O)O)cc1.CO. The van der Waals surface area contributed by atoms with E-state index in [-0.39, 0.29) is 5.56 Å². The van der Waals surface area contributed by atoms with Crippen molar-refractivity contribution in [1.82, 2.24) is 15.3 Å². The first kappa shape index (κ1) is 41.4. The number of aliphatic hydroxyl groups excluding tert-OH is 1. The second kappa shape index (κ2) is 22.0. The largest absolute Gasteiger partial charge is 0.478 e. The van der Waals surface area contributed by atoms with Crippen LogP contribution in [0.4, 0.5) is 0 Å². The van der Waals surface area contributed by atoms with E-state index in [1.54, 1.807) is 37.4 Å². The quantitative estimate of drug-likeness (QED) is 0.100. The van der Waals surface area contributed by atoms with E-state index in [0.29, 0.717) is 5.84 Å². The molecule has 0 saturated heterocycles. The molecule has 0 aliphatic heterocycles. The van der Waals surface area contributed by atoms with Crippen molar-refractivity contribution in [3.8, 4) is 11.3 Å². The molecule has 3 aromatic rings. The van der Waals surface area contributed by atoms with Crippen molar-refractivity contribution < 1.29 is 15.0 Å². The molecule has 4 N–H and O–H groups in total. The Morgan fingerprint density at radius 3 is 2.30 bits per heavy atom. The molecule has 2 aliphatic rings. The molecule has 1 aromatic heterocycles. The Labute approximate surface area is 315 Å². The van der Waals surface area contributed by atoms with Crippen molar-refractivity contribution in [2.75, 3.05) is 14.2 Å². The number of amidine groups is 1. The summed E-state index contributed by atoms with van der Waals surface area (Å²) in [5.41, 5.74) is 10.9. The van der Waals surface area contributed by atoms with Crippen LogP contribution in [0.1, 0.15) is 67.5 Å². The summed E-state index contributed by atoms with van der Waals surface area (Å²) in [6.07, 6.45) is 30.1. The molecule has 7 nitrogen and oxygen atoms in total. The summed E-state index contributed by atoms with van der Waals surface area (Å²) >= 11 is 0. The van der Waals surface area contributed by atoms with Crippen LogP contribution in [0.5, 0.6) is 0 Å². The third kappa shape index (κ3) is 13.2. The Kier molecular flexibility index (Phi) is 17.2. The number of imidazole rings is 1. The maximum absolute atomic E-state index is 11.1. The highest BCUT2D eigenvalue weighted by Crippen LogP contribution is 2.25. The van der Waals surface area contributed by atoms with Gasteiger partial charge in [0, 0.05) is 42.2 Å². The number of carbonyl (C=O) groups is 1. The van der Waals surface area contributed by atoms with Crippen LogP contribution in [0, 0.1) is 6.92 Å². The van der Waals surface area contributed by atoms with Crippen molar-refractivity contribution >= 4 is 17.4 Å². The van der Waals surface area contributed by atoms with E-state index in [1.807, 2.05) is 50.3 Å². The molecule has 0 atom stereocenters. The average molecular weight is 709 g/mol. The highest BCUT2D eigenvalue weighted by atomic mass is 16.4. The fraction of sp³-hybridized carbons (Fsp3) is 0.196. The van der Waals surface area contributed by atoms with Crippen LogP contribution in [-0.2, 0) is 0 Å². The lowest BCUT2D eigenvalue weighted by atomic mass is 10.1. The van der Waals surface area contributed by atoms with Crippen molar-refractivity contribution in [2.45, 2.75) is 47.0 Å². The monoisotopic (exact) mass is 708 g/mol. The molecule has 0 saturated carbocycles. The third-order valence-corrected chi connectivity index (χ3v) is 8.08. The van der Waals surface area contributed by atoms with Crippen LogP contribution in [0.3, 0.4) is 0 Å². The zero-order valence-corrected chi connectivity index (χ0v) is 31.7. The van der Waals surface area contributed by atoms with Gasteiger partial charge in [0.25, 0.3) is 0 Å². The van der Waals surface area contributed by atoms with E-state index >= 15 is 0 Å². The molecule has 0 radical (unpaired) electrons. The molecule has 0 spiro atoms. The molecular formula is C46H52N4O3. The number of carboxylic acids is 1. The summed E-state index contributed by atoms with van der Waals surface area (Å²) in [5, 5.41) is 19.5. The van der Waals surface area contributed by atoms with Gasteiger partial charge in [-0.3, -0.25) is 4.99 Å². The topological polar surface area (TPSA) is 111 Å². The number of aliphatic hydroxyl groups is 1. The molecule has 1 heterocycles. The van der Waals surface area contributed by atoms with Crippen molar-refractivity contribution in [3.63, 3.8) is 0 Å².